The van der Waals surface area contributed by atoms with Crippen molar-refractivity contribution < 1.29 is 18.7 Å². The Hall–Kier alpha value is -3.38. The lowest BCUT2D eigenvalue weighted by atomic mass is 10.1. The number of benzene rings is 3. The number of nitrogens with zero attached hydrogens (tertiary/aromatic N) is 2. The van der Waals surface area contributed by atoms with Gasteiger partial charge >= 0.3 is 0 Å². The van der Waals surface area contributed by atoms with Crippen molar-refractivity contribution in [1.82, 2.24) is 4.90 Å². The number of anilines is 1. The van der Waals surface area contributed by atoms with Crippen LogP contribution in [0.25, 0.3) is 11.1 Å². The molecule has 0 bridgehead atoms. The summed E-state index contributed by atoms with van der Waals surface area (Å²) in [6.45, 7) is 3.19. The van der Waals surface area contributed by atoms with Gasteiger partial charge in [0.1, 0.15) is 11.6 Å². The van der Waals surface area contributed by atoms with Crippen molar-refractivity contribution in [3.8, 4) is 16.9 Å². The smallest absolute Gasteiger partial charge is 0.260 e. The third kappa shape index (κ3) is 5.34. The third-order valence-electron chi connectivity index (χ3n) is 5.72. The van der Waals surface area contributed by atoms with Crippen LogP contribution in [-0.4, -0.2) is 49.4 Å². The van der Waals surface area contributed by atoms with Crippen molar-refractivity contribution in [3.05, 3.63) is 83.1 Å². The minimum atomic E-state index is -0.431. The molecule has 1 fully saturated rings. The zero-order valence-corrected chi connectivity index (χ0v) is 19.0. The largest absolute Gasteiger partial charge is 0.482 e. The van der Waals surface area contributed by atoms with E-state index >= 15 is 0 Å². The second-order valence-electron chi connectivity index (χ2n) is 7.89. The van der Waals surface area contributed by atoms with Crippen LogP contribution in [0.5, 0.6) is 5.75 Å². The predicted octanol–water partition coefficient (Wildman–Crippen LogP) is 5.08. The predicted molar refractivity (Wildman–Crippen MR) is 128 cm³/mol. The van der Waals surface area contributed by atoms with E-state index in [9.17, 15) is 14.0 Å². The van der Waals surface area contributed by atoms with Gasteiger partial charge in [0.15, 0.2) is 12.4 Å². The van der Waals surface area contributed by atoms with Crippen LogP contribution >= 0.6 is 11.6 Å². The normalized spacial score (nSPS) is 13.7. The highest BCUT2D eigenvalue weighted by molar-refractivity contribution is 6.32. The number of rotatable bonds is 6. The summed E-state index contributed by atoms with van der Waals surface area (Å²) in [6, 6.07) is 19.9. The molecular formula is C26H24ClFN2O3. The fourth-order valence-corrected chi connectivity index (χ4v) is 4.07. The zero-order valence-electron chi connectivity index (χ0n) is 18.3. The Labute approximate surface area is 197 Å². The molecule has 0 saturated carbocycles. The van der Waals surface area contributed by atoms with Crippen molar-refractivity contribution in [1.29, 1.82) is 0 Å². The van der Waals surface area contributed by atoms with Gasteiger partial charge in [-0.2, -0.15) is 0 Å². The standard InChI is InChI=1S/C26H24ClFN2O3/c1-18(31)20-7-9-24(23(28)16-20)29-11-13-30(14-12-29)26(32)17-33-25-10-8-21(15-22(25)27)19-5-3-2-4-6-19/h2-10,15-16H,11-14,17H2,1H3. The molecule has 33 heavy (non-hydrogen) atoms. The lowest BCUT2D eigenvalue weighted by molar-refractivity contribution is -0.133. The molecule has 0 aromatic heterocycles. The highest BCUT2D eigenvalue weighted by Crippen LogP contribution is 2.30. The van der Waals surface area contributed by atoms with E-state index in [2.05, 4.69) is 0 Å². The molecule has 7 heteroatoms. The van der Waals surface area contributed by atoms with Crippen molar-refractivity contribution in [2.75, 3.05) is 37.7 Å². The highest BCUT2D eigenvalue weighted by Gasteiger charge is 2.23. The summed E-state index contributed by atoms with van der Waals surface area (Å²) in [7, 11) is 0. The van der Waals surface area contributed by atoms with E-state index in [1.54, 1.807) is 23.1 Å². The van der Waals surface area contributed by atoms with Gasteiger partial charge in [0, 0.05) is 31.7 Å². The average molecular weight is 467 g/mol. The Balaban J connectivity index is 1.31. The zero-order chi connectivity index (χ0) is 23.4. The van der Waals surface area contributed by atoms with Gasteiger partial charge in [0.2, 0.25) is 0 Å². The minimum absolute atomic E-state index is 0.119. The SMILES string of the molecule is CC(=O)c1ccc(N2CCN(C(=O)COc3ccc(-c4ccccc4)cc3Cl)CC2)c(F)c1. The van der Waals surface area contributed by atoms with E-state index in [0.29, 0.717) is 48.2 Å². The van der Waals surface area contributed by atoms with Crippen LogP contribution in [0.3, 0.4) is 0 Å². The molecule has 1 heterocycles. The van der Waals surface area contributed by atoms with Crippen LogP contribution in [0.2, 0.25) is 5.02 Å². The van der Waals surface area contributed by atoms with Gasteiger partial charge in [-0.05, 0) is 48.4 Å². The van der Waals surface area contributed by atoms with Crippen LogP contribution in [-0.2, 0) is 4.79 Å². The molecular weight excluding hydrogens is 443 g/mol. The van der Waals surface area contributed by atoms with Crippen LogP contribution in [0.1, 0.15) is 17.3 Å². The summed E-state index contributed by atoms with van der Waals surface area (Å²) < 4.78 is 20.1. The number of carbonyl (C=O) groups excluding carboxylic acids is 2. The Morgan fingerprint density at radius 2 is 1.67 bits per heavy atom. The van der Waals surface area contributed by atoms with Crippen molar-refractivity contribution in [2.45, 2.75) is 6.92 Å². The number of hydrogen-bond donors (Lipinski definition) is 0. The second kappa shape index (κ2) is 10.0. The van der Waals surface area contributed by atoms with E-state index in [-0.39, 0.29) is 18.3 Å². The lowest BCUT2D eigenvalue weighted by Gasteiger charge is -2.36. The van der Waals surface area contributed by atoms with Gasteiger partial charge in [0.25, 0.3) is 5.91 Å². The van der Waals surface area contributed by atoms with Gasteiger partial charge < -0.3 is 14.5 Å². The average Bonchev–Trinajstić information content (AvgIpc) is 2.83. The molecule has 0 radical (unpaired) electrons. The quantitative estimate of drug-likeness (QED) is 0.475. The molecule has 0 spiro atoms. The van der Waals surface area contributed by atoms with Crippen LogP contribution in [0.15, 0.2) is 66.7 Å². The molecule has 1 amide bonds. The van der Waals surface area contributed by atoms with Crippen LogP contribution in [0, 0.1) is 5.82 Å². The molecule has 0 unspecified atom stereocenters. The number of Topliss-reactive ketones (excluding diaryl/α,β-unsaturated/α-hetero) is 1. The maximum absolute atomic E-state index is 14.4. The van der Waals surface area contributed by atoms with Gasteiger partial charge in [-0.1, -0.05) is 48.0 Å². The highest BCUT2D eigenvalue weighted by atomic mass is 35.5. The van der Waals surface area contributed by atoms with Crippen LogP contribution < -0.4 is 9.64 Å². The second-order valence-corrected chi connectivity index (χ2v) is 8.30. The molecule has 5 nitrogen and oxygen atoms in total. The number of piperazine rings is 1. The first-order valence-corrected chi connectivity index (χ1v) is 11.1. The van der Waals surface area contributed by atoms with Crippen molar-refractivity contribution in [3.63, 3.8) is 0 Å². The molecule has 0 N–H and O–H groups in total. The molecule has 170 valence electrons. The monoisotopic (exact) mass is 466 g/mol. The number of carbonyl (C=O) groups is 2. The summed E-state index contributed by atoms with van der Waals surface area (Å²) in [6.07, 6.45) is 0. The first-order valence-electron chi connectivity index (χ1n) is 10.7. The lowest BCUT2D eigenvalue weighted by Crippen LogP contribution is -2.50. The molecule has 1 aliphatic rings. The fourth-order valence-electron chi connectivity index (χ4n) is 3.84. The van der Waals surface area contributed by atoms with E-state index in [1.807, 2.05) is 47.4 Å². The van der Waals surface area contributed by atoms with Gasteiger partial charge in [0.05, 0.1) is 10.7 Å². The van der Waals surface area contributed by atoms with E-state index < -0.39 is 5.82 Å². The maximum atomic E-state index is 14.4. The maximum Gasteiger partial charge on any atom is 0.260 e. The summed E-state index contributed by atoms with van der Waals surface area (Å²) in [4.78, 5) is 27.6. The van der Waals surface area contributed by atoms with E-state index in [0.717, 1.165) is 11.1 Å². The number of ether oxygens (including phenoxy) is 1. The molecule has 0 aliphatic carbocycles. The van der Waals surface area contributed by atoms with Gasteiger partial charge in [-0.25, -0.2) is 4.39 Å². The third-order valence-corrected chi connectivity index (χ3v) is 6.01. The van der Waals surface area contributed by atoms with Gasteiger partial charge in [-0.3, -0.25) is 9.59 Å². The van der Waals surface area contributed by atoms with Crippen LogP contribution in [0.4, 0.5) is 10.1 Å². The first-order chi connectivity index (χ1) is 15.9. The molecule has 1 aliphatic heterocycles. The number of hydrogen-bond acceptors (Lipinski definition) is 4. The Bertz CT molecular complexity index is 1160. The minimum Gasteiger partial charge on any atom is -0.482 e. The summed E-state index contributed by atoms with van der Waals surface area (Å²) >= 11 is 6.37. The molecule has 4 rings (SSSR count). The van der Waals surface area contributed by atoms with Gasteiger partial charge in [-0.15, -0.1) is 0 Å². The Morgan fingerprint density at radius 1 is 0.939 bits per heavy atom. The summed E-state index contributed by atoms with van der Waals surface area (Å²) in [5.74, 6) is -0.300. The molecule has 3 aromatic rings. The summed E-state index contributed by atoms with van der Waals surface area (Å²) in [5.41, 5.74) is 2.80. The number of halogens is 2. The van der Waals surface area contributed by atoms with E-state index in [1.165, 1.54) is 13.0 Å². The Morgan fingerprint density at radius 3 is 2.30 bits per heavy atom. The molecule has 3 aromatic carbocycles. The molecule has 0 atom stereocenters. The Kier molecular flexibility index (Phi) is 6.94. The summed E-state index contributed by atoms with van der Waals surface area (Å²) in [5, 5.41) is 0.443. The van der Waals surface area contributed by atoms with Crippen molar-refractivity contribution in [2.24, 2.45) is 0 Å². The molecule has 1 saturated heterocycles. The fraction of sp³-hybridized carbons (Fsp3) is 0.231. The first kappa shape index (κ1) is 22.8. The van der Waals surface area contributed by atoms with E-state index in [4.69, 9.17) is 16.3 Å². The van der Waals surface area contributed by atoms with Crippen molar-refractivity contribution >= 4 is 29.0 Å². The topological polar surface area (TPSA) is 49.9 Å². The number of amides is 1. The number of ketones is 1.